The zero-order chi connectivity index (χ0) is 24.2. The maximum atomic E-state index is 12.0. The maximum Gasteiger partial charge on any atom is 0.331 e. The topological polar surface area (TPSA) is 44.8 Å². The van der Waals surface area contributed by atoms with Crippen LogP contribution in [-0.4, -0.2) is 38.5 Å². The van der Waals surface area contributed by atoms with Gasteiger partial charge in [-0.3, -0.25) is 0 Å². The van der Waals surface area contributed by atoms with Gasteiger partial charge in [0.25, 0.3) is 0 Å². The number of ether oxygens (including phenoxy) is 3. The number of hydrogen-bond acceptors (Lipinski definition) is 4. The summed E-state index contributed by atoms with van der Waals surface area (Å²) in [6, 6.07) is 0. The molecule has 0 radical (unpaired) electrons. The van der Waals surface area contributed by atoms with E-state index in [2.05, 4.69) is 26.8 Å². The van der Waals surface area contributed by atoms with E-state index < -0.39 is 0 Å². The highest BCUT2D eigenvalue weighted by Crippen LogP contribution is 2.12. The van der Waals surface area contributed by atoms with Crippen LogP contribution in [0, 0.1) is 0 Å². The number of rotatable bonds is 24. The molecular formula is C29H52O4. The average molecular weight is 465 g/mol. The number of carbonyl (C=O) groups excluding carboxylic acids is 1. The fourth-order valence-electron chi connectivity index (χ4n) is 3.40. The summed E-state index contributed by atoms with van der Waals surface area (Å²) in [5.41, 5.74) is 0. The highest BCUT2D eigenvalue weighted by molar-refractivity contribution is 5.82. The Morgan fingerprint density at radius 1 is 0.636 bits per heavy atom. The molecule has 0 aliphatic rings. The van der Waals surface area contributed by atoms with Crippen LogP contribution in [0.1, 0.15) is 111 Å². The Morgan fingerprint density at radius 2 is 1.15 bits per heavy atom. The Kier molecular flexibility index (Phi) is 25.7. The van der Waals surface area contributed by atoms with Crippen LogP contribution in [-0.2, 0) is 19.0 Å². The first-order valence-electron chi connectivity index (χ1n) is 13.6. The number of allylic oxidation sites excluding steroid dienone is 5. The molecule has 0 spiro atoms. The van der Waals surface area contributed by atoms with E-state index in [4.69, 9.17) is 14.2 Å². The van der Waals surface area contributed by atoms with Crippen molar-refractivity contribution in [3.8, 4) is 0 Å². The second-order valence-corrected chi connectivity index (χ2v) is 8.71. The van der Waals surface area contributed by atoms with E-state index in [1.807, 2.05) is 18.2 Å². The van der Waals surface area contributed by atoms with Crippen molar-refractivity contribution in [2.75, 3.05) is 26.4 Å². The van der Waals surface area contributed by atoms with Gasteiger partial charge >= 0.3 is 5.97 Å². The Hall–Kier alpha value is -1.39. The Balaban J connectivity index is 3.79. The molecule has 0 saturated heterocycles. The van der Waals surface area contributed by atoms with Gasteiger partial charge in [-0.15, -0.1) is 0 Å². The number of hydrogen-bond donors (Lipinski definition) is 0. The molecule has 0 fully saturated rings. The van der Waals surface area contributed by atoms with Crippen LogP contribution in [0.3, 0.4) is 0 Å². The van der Waals surface area contributed by atoms with Crippen molar-refractivity contribution in [3.05, 3.63) is 36.5 Å². The molecule has 33 heavy (non-hydrogen) atoms. The first kappa shape index (κ1) is 31.6. The minimum absolute atomic E-state index is 0.366. The van der Waals surface area contributed by atoms with E-state index in [9.17, 15) is 4.79 Å². The lowest BCUT2D eigenvalue weighted by Crippen LogP contribution is -2.28. The summed E-state index contributed by atoms with van der Waals surface area (Å²) in [5.74, 6) is -0.366. The second-order valence-electron chi connectivity index (χ2n) is 8.71. The molecule has 0 amide bonds. The predicted molar refractivity (Wildman–Crippen MR) is 141 cm³/mol. The predicted octanol–water partition coefficient (Wildman–Crippen LogP) is 8.12. The summed E-state index contributed by atoms with van der Waals surface area (Å²) < 4.78 is 16.5. The lowest BCUT2D eigenvalue weighted by Gasteiger charge is -2.17. The van der Waals surface area contributed by atoms with Crippen LogP contribution in [0.25, 0.3) is 0 Å². The van der Waals surface area contributed by atoms with Gasteiger partial charge in [-0.2, -0.15) is 0 Å². The molecule has 0 saturated carbocycles. The molecule has 4 heteroatoms. The van der Waals surface area contributed by atoms with E-state index >= 15 is 0 Å². The molecule has 0 aromatic heterocycles. The lowest BCUT2D eigenvalue weighted by molar-refractivity contribution is -0.150. The SMILES string of the molecule is CCCCCCCCCCCCCC=CC=CC=CC(=O)OC(COCCC)COCCC. The minimum atomic E-state index is -0.366. The number of carbonyl (C=O) groups is 1. The van der Waals surface area contributed by atoms with Gasteiger partial charge in [-0.05, 0) is 25.7 Å². The molecule has 192 valence electrons. The van der Waals surface area contributed by atoms with E-state index in [1.165, 1.54) is 76.7 Å². The van der Waals surface area contributed by atoms with Crippen molar-refractivity contribution in [1.82, 2.24) is 0 Å². The van der Waals surface area contributed by atoms with Crippen LogP contribution in [0.2, 0.25) is 0 Å². The zero-order valence-electron chi connectivity index (χ0n) is 21.9. The molecule has 0 heterocycles. The minimum Gasteiger partial charge on any atom is -0.454 e. The molecule has 0 aliphatic carbocycles. The monoisotopic (exact) mass is 464 g/mol. The summed E-state index contributed by atoms with van der Waals surface area (Å²) in [7, 11) is 0. The normalized spacial score (nSPS) is 12.1. The van der Waals surface area contributed by atoms with Crippen molar-refractivity contribution < 1.29 is 19.0 Å². The maximum absolute atomic E-state index is 12.0. The van der Waals surface area contributed by atoms with Crippen molar-refractivity contribution in [3.63, 3.8) is 0 Å². The van der Waals surface area contributed by atoms with Crippen molar-refractivity contribution in [1.29, 1.82) is 0 Å². The number of unbranched alkanes of at least 4 members (excludes halogenated alkanes) is 11. The van der Waals surface area contributed by atoms with E-state index in [-0.39, 0.29) is 12.1 Å². The molecule has 0 aromatic rings. The third kappa shape index (κ3) is 25.1. The van der Waals surface area contributed by atoms with E-state index in [1.54, 1.807) is 6.08 Å². The third-order valence-corrected chi connectivity index (χ3v) is 5.26. The Labute approximate surface area is 204 Å². The van der Waals surface area contributed by atoms with Crippen LogP contribution in [0.15, 0.2) is 36.5 Å². The standard InChI is InChI=1S/C29H52O4/c1-4-7-8-9-10-11-12-13-14-15-16-17-18-19-20-21-22-23-29(30)33-28(26-31-24-5-2)27-32-25-6-3/h18-23,28H,4-17,24-27H2,1-3H3. The van der Waals surface area contributed by atoms with Gasteiger partial charge in [0, 0.05) is 19.3 Å². The molecule has 0 rings (SSSR count). The Morgan fingerprint density at radius 3 is 1.70 bits per heavy atom. The van der Waals surface area contributed by atoms with Crippen LogP contribution >= 0.6 is 0 Å². The molecule has 0 aromatic carbocycles. The van der Waals surface area contributed by atoms with Gasteiger partial charge in [-0.25, -0.2) is 4.79 Å². The largest absolute Gasteiger partial charge is 0.454 e. The molecular weight excluding hydrogens is 412 g/mol. The van der Waals surface area contributed by atoms with E-state index in [0.29, 0.717) is 26.4 Å². The lowest BCUT2D eigenvalue weighted by atomic mass is 10.1. The fraction of sp³-hybridized carbons (Fsp3) is 0.759. The van der Waals surface area contributed by atoms with Gasteiger partial charge in [0.2, 0.25) is 0 Å². The molecule has 0 bridgehead atoms. The molecule has 0 N–H and O–H groups in total. The van der Waals surface area contributed by atoms with Gasteiger partial charge in [0.1, 0.15) is 6.10 Å². The second kappa shape index (κ2) is 26.9. The summed E-state index contributed by atoms with van der Waals surface area (Å²) in [6.45, 7) is 8.43. The number of esters is 1. The highest BCUT2D eigenvalue weighted by Gasteiger charge is 2.13. The Bertz CT molecular complexity index is 486. The molecule has 0 aliphatic heterocycles. The van der Waals surface area contributed by atoms with Crippen LogP contribution in [0.5, 0.6) is 0 Å². The van der Waals surface area contributed by atoms with Crippen LogP contribution in [0.4, 0.5) is 0 Å². The summed E-state index contributed by atoms with van der Waals surface area (Å²) in [6.07, 6.45) is 29.0. The average Bonchev–Trinajstić information content (AvgIpc) is 2.81. The molecule has 4 nitrogen and oxygen atoms in total. The van der Waals surface area contributed by atoms with Crippen LogP contribution < -0.4 is 0 Å². The van der Waals surface area contributed by atoms with E-state index in [0.717, 1.165) is 19.3 Å². The van der Waals surface area contributed by atoms with Gasteiger partial charge in [0.05, 0.1) is 13.2 Å². The zero-order valence-corrected chi connectivity index (χ0v) is 21.9. The third-order valence-electron chi connectivity index (χ3n) is 5.26. The van der Waals surface area contributed by atoms with Crippen molar-refractivity contribution in [2.45, 2.75) is 117 Å². The quantitative estimate of drug-likeness (QED) is 0.0626. The summed E-state index contributed by atoms with van der Waals surface area (Å²) in [5, 5.41) is 0. The summed E-state index contributed by atoms with van der Waals surface area (Å²) >= 11 is 0. The highest BCUT2D eigenvalue weighted by atomic mass is 16.6. The fourth-order valence-corrected chi connectivity index (χ4v) is 3.40. The summed E-state index contributed by atoms with van der Waals surface area (Å²) in [4.78, 5) is 12.0. The first-order valence-corrected chi connectivity index (χ1v) is 13.6. The van der Waals surface area contributed by atoms with Crippen molar-refractivity contribution in [2.24, 2.45) is 0 Å². The smallest absolute Gasteiger partial charge is 0.331 e. The first-order chi connectivity index (χ1) is 16.2. The molecule has 0 atom stereocenters. The van der Waals surface area contributed by atoms with Gasteiger partial charge in [-0.1, -0.05) is 115 Å². The van der Waals surface area contributed by atoms with Crippen molar-refractivity contribution >= 4 is 5.97 Å². The molecule has 0 unspecified atom stereocenters. The van der Waals surface area contributed by atoms with Gasteiger partial charge in [0.15, 0.2) is 0 Å². The van der Waals surface area contributed by atoms with Gasteiger partial charge < -0.3 is 14.2 Å².